The summed E-state index contributed by atoms with van der Waals surface area (Å²) in [4.78, 5) is 12.4. The first kappa shape index (κ1) is 42.3. The Morgan fingerprint density at radius 3 is 1.96 bits per heavy atom. The molecule has 0 aromatic heterocycles. The van der Waals surface area contributed by atoms with E-state index in [1.807, 2.05) is 0 Å². The fraction of sp³-hybridized carbons (Fsp3) is 0.829. The molecule has 0 bridgehead atoms. The highest BCUT2D eigenvalue weighted by molar-refractivity contribution is 6.74. The number of alkyl halides is 1. The number of carbonyl (C=O) groups excluding carboxylic acids is 1. The number of ether oxygens (including phenoxy) is 1. The van der Waals surface area contributed by atoms with Crippen molar-refractivity contribution in [2.24, 2.45) is 22.7 Å². The normalized spacial score (nSPS) is 30.3. The Hall–Kier alpha value is -1.07. The summed E-state index contributed by atoms with van der Waals surface area (Å²) >= 11 is 0. The van der Waals surface area contributed by atoms with Crippen molar-refractivity contribution in [3.63, 3.8) is 0 Å². The lowest BCUT2D eigenvalue weighted by Crippen LogP contribution is -2.48. The van der Waals surface area contributed by atoms with Crippen molar-refractivity contribution < 1.29 is 27.9 Å². The Morgan fingerprint density at radius 2 is 1.47 bits per heavy atom. The number of aliphatic hydroxyl groups is 1. The molecule has 282 valence electrons. The van der Waals surface area contributed by atoms with Crippen molar-refractivity contribution in [1.29, 1.82) is 0 Å². The van der Waals surface area contributed by atoms with Gasteiger partial charge in [-0.05, 0) is 133 Å². The lowest BCUT2D eigenvalue weighted by molar-refractivity contribution is -0.158. The lowest BCUT2D eigenvalue weighted by Gasteiger charge is -2.46. The van der Waals surface area contributed by atoms with Crippen LogP contribution in [0.25, 0.3) is 0 Å². The van der Waals surface area contributed by atoms with Crippen LogP contribution in [0, 0.1) is 22.7 Å². The predicted octanol–water partition coefficient (Wildman–Crippen LogP) is 11.3. The van der Waals surface area contributed by atoms with Gasteiger partial charge in [0.25, 0.3) is 0 Å². The number of halogens is 1. The van der Waals surface area contributed by atoms with E-state index in [9.17, 15) is 9.90 Å². The van der Waals surface area contributed by atoms with Gasteiger partial charge in [0, 0.05) is 5.92 Å². The molecule has 3 aliphatic carbocycles. The molecule has 0 saturated heterocycles. The number of aliphatic hydroxyl groups excluding tert-OH is 1. The summed E-state index contributed by atoms with van der Waals surface area (Å²) < 4.78 is 35.9. The van der Waals surface area contributed by atoms with Crippen LogP contribution in [0.15, 0.2) is 35.5 Å². The second kappa shape index (κ2) is 15.1. The summed E-state index contributed by atoms with van der Waals surface area (Å²) in [5.41, 5.74) is -0.0817. The van der Waals surface area contributed by atoms with Crippen LogP contribution >= 0.6 is 0 Å². The van der Waals surface area contributed by atoms with Crippen molar-refractivity contribution in [2.75, 3.05) is 6.61 Å². The molecule has 3 saturated carbocycles. The van der Waals surface area contributed by atoms with E-state index >= 15 is 4.39 Å². The maximum absolute atomic E-state index is 16.7. The Balaban J connectivity index is 1.86. The number of esters is 1. The molecule has 3 aliphatic rings. The highest BCUT2D eigenvalue weighted by Gasteiger charge is 2.55. The molecule has 0 spiro atoms. The van der Waals surface area contributed by atoms with Crippen LogP contribution in [0.1, 0.15) is 128 Å². The number of rotatable bonds is 11. The average molecular weight is 721 g/mol. The van der Waals surface area contributed by atoms with E-state index < -0.39 is 39.8 Å². The number of fused-ring (bicyclic) bond motifs is 1. The second-order valence-electron chi connectivity index (χ2n) is 19.7. The van der Waals surface area contributed by atoms with E-state index in [0.717, 1.165) is 51.4 Å². The topological polar surface area (TPSA) is 65.0 Å². The summed E-state index contributed by atoms with van der Waals surface area (Å²) in [6, 6.07) is 0. The molecule has 1 N–H and O–H groups in total. The van der Waals surface area contributed by atoms with Gasteiger partial charge in [0.05, 0.1) is 30.3 Å². The zero-order chi connectivity index (χ0) is 37.4. The van der Waals surface area contributed by atoms with Gasteiger partial charge >= 0.3 is 5.97 Å². The number of carbonyl (C=O) groups is 1. The van der Waals surface area contributed by atoms with Gasteiger partial charge in [0.15, 0.2) is 16.6 Å². The first-order chi connectivity index (χ1) is 22.2. The average Bonchev–Trinajstić information content (AvgIpc) is 3.31. The minimum Gasteiger partial charge on any atom is -0.465 e. The minimum absolute atomic E-state index is 0.146. The molecule has 5 nitrogen and oxygen atoms in total. The Bertz CT molecular complexity index is 1210. The van der Waals surface area contributed by atoms with Crippen molar-refractivity contribution in [3.05, 3.63) is 35.5 Å². The smallest absolute Gasteiger partial charge is 0.314 e. The van der Waals surface area contributed by atoms with Crippen LogP contribution in [0.4, 0.5) is 4.39 Å². The maximum Gasteiger partial charge on any atom is 0.314 e. The third-order valence-corrected chi connectivity index (χ3v) is 22.4. The fourth-order valence-electron chi connectivity index (χ4n) is 8.10. The van der Waals surface area contributed by atoms with Crippen LogP contribution in [-0.4, -0.2) is 58.3 Å². The highest BCUT2D eigenvalue weighted by atomic mass is 28.4. The molecule has 49 heavy (non-hydrogen) atoms. The largest absolute Gasteiger partial charge is 0.465 e. The molecule has 0 radical (unpaired) electrons. The quantitative estimate of drug-likeness (QED) is 0.131. The van der Waals surface area contributed by atoms with Crippen LogP contribution < -0.4 is 0 Å². The van der Waals surface area contributed by atoms with E-state index in [1.165, 1.54) is 23.3 Å². The van der Waals surface area contributed by atoms with Crippen molar-refractivity contribution in [1.82, 2.24) is 0 Å². The van der Waals surface area contributed by atoms with Gasteiger partial charge in [-0.1, -0.05) is 77.8 Å². The van der Waals surface area contributed by atoms with E-state index in [1.54, 1.807) is 27.7 Å². The molecular weight excluding hydrogens is 648 g/mol. The zero-order valence-electron chi connectivity index (χ0n) is 34.0. The van der Waals surface area contributed by atoms with E-state index in [2.05, 4.69) is 86.8 Å². The predicted molar refractivity (Wildman–Crippen MR) is 207 cm³/mol. The summed E-state index contributed by atoms with van der Waals surface area (Å²) in [5.74, 6) is -0.324. The van der Waals surface area contributed by atoms with Gasteiger partial charge in [-0.15, -0.1) is 0 Å². The molecule has 3 rings (SSSR count). The second-order valence-corrected chi connectivity index (χ2v) is 29.2. The summed E-state index contributed by atoms with van der Waals surface area (Å²) in [7, 11) is -3.91. The minimum atomic E-state index is -1.96. The van der Waals surface area contributed by atoms with Crippen molar-refractivity contribution in [3.8, 4) is 0 Å². The third-order valence-electron chi connectivity index (χ3n) is 13.4. The summed E-state index contributed by atoms with van der Waals surface area (Å²) in [6.07, 6.45) is 14.6. The maximum atomic E-state index is 16.7. The highest BCUT2D eigenvalue weighted by Crippen LogP contribution is 2.61. The van der Waals surface area contributed by atoms with Crippen LogP contribution in [0.2, 0.25) is 36.3 Å². The number of hydrogen-bond donors (Lipinski definition) is 1. The Kier molecular flexibility index (Phi) is 13.1. The molecule has 3 fully saturated rings. The van der Waals surface area contributed by atoms with Gasteiger partial charge in [-0.3, -0.25) is 4.79 Å². The standard InChI is InChI=1S/C41H73FO5Si2/c1-16-45-36(44)39(8,9)35(43)23-25-41(11,42)34-22-21-33-30(18-17-24-40(33,34)10)20-19-29-26-31(46-48(12,13)37(2,3)4)28-32(27-29)47-49(14,15)38(5,6)7/h19-20,23,25,31-35,43H,16-18,21-22,24,26-28H2,1-15H3/b25-23+,30-20+/t31-,32-,33+,34+,35?,40+,41+/m1/s1. The zero-order valence-corrected chi connectivity index (χ0v) is 36.0. The molecule has 0 aromatic rings. The van der Waals surface area contributed by atoms with Gasteiger partial charge in [-0.2, -0.15) is 0 Å². The van der Waals surface area contributed by atoms with Gasteiger partial charge < -0.3 is 18.7 Å². The molecule has 7 atom stereocenters. The SMILES string of the molecule is CCOC(=O)C(C)(C)C(O)/C=C/[C@](C)(F)[C@H]1CC[C@H]2/C(=C/C=C3C[C@@H](O[Si](C)(C)C(C)(C)C)C[C@H](O[Si](C)(C)C(C)(C)C)C3)CCC[C@@]21C. The lowest BCUT2D eigenvalue weighted by atomic mass is 9.60. The van der Waals surface area contributed by atoms with Crippen LogP contribution in [0.5, 0.6) is 0 Å². The first-order valence-electron chi connectivity index (χ1n) is 19.2. The molecule has 0 heterocycles. The number of allylic oxidation sites excluding steroid dienone is 4. The molecule has 0 aliphatic heterocycles. The fourth-order valence-corrected chi connectivity index (χ4v) is 10.8. The van der Waals surface area contributed by atoms with E-state index in [4.69, 9.17) is 13.6 Å². The monoisotopic (exact) mass is 720 g/mol. The van der Waals surface area contributed by atoms with Crippen molar-refractivity contribution in [2.45, 2.75) is 188 Å². The molecule has 1 unspecified atom stereocenters. The van der Waals surface area contributed by atoms with E-state index in [-0.39, 0.29) is 40.2 Å². The van der Waals surface area contributed by atoms with Gasteiger partial charge in [0.1, 0.15) is 5.67 Å². The third kappa shape index (κ3) is 9.68. The van der Waals surface area contributed by atoms with E-state index in [0.29, 0.717) is 5.92 Å². The van der Waals surface area contributed by atoms with Crippen LogP contribution in [0.3, 0.4) is 0 Å². The Labute approximate surface area is 302 Å². The Morgan fingerprint density at radius 1 is 0.939 bits per heavy atom. The molecular formula is C41H73FO5Si2. The first-order valence-corrected chi connectivity index (χ1v) is 25.0. The molecule has 0 amide bonds. The number of hydrogen-bond acceptors (Lipinski definition) is 5. The van der Waals surface area contributed by atoms with Gasteiger partial charge in [-0.25, -0.2) is 4.39 Å². The summed E-state index contributed by atoms with van der Waals surface area (Å²) in [6.45, 7) is 32.5. The molecule has 8 heteroatoms. The molecule has 0 aromatic carbocycles. The van der Waals surface area contributed by atoms with Crippen LogP contribution in [-0.2, 0) is 18.4 Å². The van der Waals surface area contributed by atoms with Gasteiger partial charge in [0.2, 0.25) is 0 Å². The van der Waals surface area contributed by atoms with Crippen molar-refractivity contribution >= 4 is 22.6 Å². The summed E-state index contributed by atoms with van der Waals surface area (Å²) in [5, 5.41) is 11.2.